The molecule has 74 valence electrons. The average Bonchev–Trinajstić information content (AvgIpc) is 2.61. The highest BCUT2D eigenvalue weighted by atomic mass is 35.5. The summed E-state index contributed by atoms with van der Waals surface area (Å²) >= 11 is 6.00. The Morgan fingerprint density at radius 3 is 2.93 bits per heavy atom. The summed E-state index contributed by atoms with van der Waals surface area (Å²) in [5.74, 6) is 0. The lowest BCUT2D eigenvalue weighted by atomic mass is 10.2. The Kier molecular flexibility index (Phi) is 1.61. The Hall–Kier alpha value is -1.81. The molecule has 0 bridgehead atoms. The molecule has 0 spiro atoms. The molecular formula is C10H6ClN3O. The van der Waals surface area contributed by atoms with E-state index in [4.69, 9.17) is 11.6 Å². The van der Waals surface area contributed by atoms with Crippen LogP contribution in [-0.2, 0) is 0 Å². The predicted molar refractivity (Wildman–Crippen MR) is 59.2 cm³/mol. The van der Waals surface area contributed by atoms with E-state index in [9.17, 15) is 4.79 Å². The summed E-state index contributed by atoms with van der Waals surface area (Å²) in [7, 11) is 0. The van der Waals surface area contributed by atoms with Gasteiger partial charge >= 0.3 is 0 Å². The predicted octanol–water partition coefficient (Wildman–Crippen LogP) is 2.06. The highest BCUT2D eigenvalue weighted by Gasteiger charge is 2.07. The minimum atomic E-state index is -0.167. The monoisotopic (exact) mass is 219 g/mol. The van der Waals surface area contributed by atoms with E-state index >= 15 is 0 Å². The van der Waals surface area contributed by atoms with Gasteiger partial charge in [-0.1, -0.05) is 23.7 Å². The van der Waals surface area contributed by atoms with Crippen molar-refractivity contribution in [1.29, 1.82) is 0 Å². The third-order valence-electron chi connectivity index (χ3n) is 2.39. The van der Waals surface area contributed by atoms with Crippen molar-refractivity contribution in [2.45, 2.75) is 0 Å². The van der Waals surface area contributed by atoms with Crippen LogP contribution in [0.15, 0.2) is 29.2 Å². The summed E-state index contributed by atoms with van der Waals surface area (Å²) in [5, 5.41) is 7.32. The van der Waals surface area contributed by atoms with Gasteiger partial charge in [0.25, 0.3) is 5.56 Å². The lowest BCUT2D eigenvalue weighted by Crippen LogP contribution is -1.97. The van der Waals surface area contributed by atoms with Gasteiger partial charge < -0.3 is 0 Å². The molecule has 0 aliphatic carbocycles. The largest absolute Gasteiger partial charge is 0.297 e. The molecule has 2 heterocycles. The van der Waals surface area contributed by atoms with E-state index in [0.29, 0.717) is 15.9 Å². The molecule has 3 aromatic rings. The standard InChI is InChI=1S/C10H6ClN3O/c11-7-3-1-2-5-8-6(4-12-9(5)7)10(15)14-13-8/h1-4H,(H2,13,14,15). The fourth-order valence-electron chi connectivity index (χ4n) is 1.68. The average molecular weight is 220 g/mol. The molecule has 0 aliphatic heterocycles. The molecule has 5 heteroatoms. The number of hydrogen-bond donors (Lipinski definition) is 2. The van der Waals surface area contributed by atoms with Gasteiger partial charge in [0.1, 0.15) is 0 Å². The van der Waals surface area contributed by atoms with Crippen molar-refractivity contribution in [2.75, 3.05) is 0 Å². The van der Waals surface area contributed by atoms with Crippen molar-refractivity contribution in [2.24, 2.45) is 0 Å². The highest BCUT2D eigenvalue weighted by Crippen LogP contribution is 2.25. The van der Waals surface area contributed by atoms with Crippen LogP contribution < -0.4 is 5.56 Å². The zero-order chi connectivity index (χ0) is 10.4. The van der Waals surface area contributed by atoms with Gasteiger partial charge in [-0.05, 0) is 6.07 Å². The van der Waals surface area contributed by atoms with Crippen molar-refractivity contribution >= 4 is 33.4 Å². The molecule has 0 radical (unpaired) electrons. The number of aromatic amines is 2. The summed E-state index contributed by atoms with van der Waals surface area (Å²) in [6.45, 7) is 0. The van der Waals surface area contributed by atoms with Crippen LogP contribution in [0.1, 0.15) is 0 Å². The molecule has 0 aliphatic rings. The van der Waals surface area contributed by atoms with Crippen LogP contribution >= 0.6 is 11.6 Å². The zero-order valence-corrected chi connectivity index (χ0v) is 8.30. The fraction of sp³-hybridized carbons (Fsp3) is 0. The molecule has 2 aromatic heterocycles. The molecule has 15 heavy (non-hydrogen) atoms. The van der Waals surface area contributed by atoms with E-state index in [1.54, 1.807) is 6.07 Å². The molecule has 2 N–H and O–H groups in total. The Morgan fingerprint density at radius 1 is 1.20 bits per heavy atom. The first-order chi connectivity index (χ1) is 7.27. The maximum Gasteiger partial charge on any atom is 0.273 e. The number of pyridine rings is 1. The second-order valence-electron chi connectivity index (χ2n) is 3.26. The molecular weight excluding hydrogens is 214 g/mol. The maximum atomic E-state index is 11.3. The molecule has 3 rings (SSSR count). The van der Waals surface area contributed by atoms with Crippen LogP contribution in [0.4, 0.5) is 0 Å². The molecule has 0 saturated heterocycles. The van der Waals surface area contributed by atoms with Gasteiger partial charge in [-0.15, -0.1) is 0 Å². The normalized spacial score (nSPS) is 11.3. The first kappa shape index (κ1) is 8.49. The Morgan fingerprint density at radius 2 is 2.07 bits per heavy atom. The molecule has 4 nitrogen and oxygen atoms in total. The lowest BCUT2D eigenvalue weighted by molar-refractivity contribution is 1.08. The number of para-hydroxylation sites is 1. The van der Waals surface area contributed by atoms with Gasteiger partial charge in [0.2, 0.25) is 0 Å². The smallest absolute Gasteiger partial charge is 0.273 e. The molecule has 0 amide bonds. The van der Waals surface area contributed by atoms with Gasteiger partial charge in [0, 0.05) is 11.6 Å². The molecule has 0 fully saturated rings. The van der Waals surface area contributed by atoms with E-state index in [0.717, 1.165) is 10.9 Å². The number of benzene rings is 1. The summed E-state index contributed by atoms with van der Waals surface area (Å²) in [6, 6.07) is 5.48. The van der Waals surface area contributed by atoms with Crippen LogP contribution in [-0.4, -0.2) is 15.2 Å². The number of nitrogens with one attached hydrogen (secondary N) is 2. The summed E-state index contributed by atoms with van der Waals surface area (Å²) in [6.07, 6.45) is 1.53. The fourth-order valence-corrected chi connectivity index (χ4v) is 1.90. The third-order valence-corrected chi connectivity index (χ3v) is 2.70. The van der Waals surface area contributed by atoms with E-state index in [1.165, 1.54) is 6.20 Å². The zero-order valence-electron chi connectivity index (χ0n) is 7.54. The van der Waals surface area contributed by atoms with Crippen molar-refractivity contribution in [3.05, 3.63) is 39.8 Å². The van der Waals surface area contributed by atoms with Crippen LogP contribution in [0, 0.1) is 0 Å². The number of hydrogen-bond acceptors (Lipinski definition) is 2. The van der Waals surface area contributed by atoms with Crippen LogP contribution in [0.3, 0.4) is 0 Å². The van der Waals surface area contributed by atoms with Crippen molar-refractivity contribution < 1.29 is 0 Å². The Balaban J connectivity index is 2.66. The van der Waals surface area contributed by atoms with Crippen molar-refractivity contribution in [3.63, 3.8) is 0 Å². The summed E-state index contributed by atoms with van der Waals surface area (Å²) in [5.41, 5.74) is 1.27. The van der Waals surface area contributed by atoms with Gasteiger partial charge in [-0.3, -0.25) is 20.0 Å². The molecule has 0 unspecified atom stereocenters. The topological polar surface area (TPSA) is 61.5 Å². The molecule has 0 saturated carbocycles. The first-order valence-electron chi connectivity index (χ1n) is 4.41. The molecule has 1 aromatic carbocycles. The number of H-pyrrole nitrogens is 2. The van der Waals surface area contributed by atoms with Crippen LogP contribution in [0.2, 0.25) is 5.02 Å². The van der Waals surface area contributed by atoms with Crippen LogP contribution in [0.25, 0.3) is 21.8 Å². The van der Waals surface area contributed by atoms with E-state index in [2.05, 4.69) is 15.2 Å². The third kappa shape index (κ3) is 1.08. The highest BCUT2D eigenvalue weighted by molar-refractivity contribution is 6.35. The van der Waals surface area contributed by atoms with Crippen molar-refractivity contribution in [1.82, 2.24) is 15.2 Å². The second-order valence-corrected chi connectivity index (χ2v) is 3.67. The van der Waals surface area contributed by atoms with Crippen LogP contribution in [0.5, 0.6) is 0 Å². The number of aromatic nitrogens is 3. The lowest BCUT2D eigenvalue weighted by Gasteiger charge is -1.99. The molecule has 0 atom stereocenters. The minimum absolute atomic E-state index is 0.167. The SMILES string of the molecule is O=c1[nH][nH]c2c1cnc1c(Cl)cccc12. The number of fused-ring (bicyclic) bond motifs is 3. The van der Waals surface area contributed by atoms with E-state index < -0.39 is 0 Å². The Bertz CT molecular complexity index is 713. The maximum absolute atomic E-state index is 11.3. The van der Waals surface area contributed by atoms with E-state index in [1.807, 2.05) is 12.1 Å². The summed E-state index contributed by atoms with van der Waals surface area (Å²) < 4.78 is 0. The van der Waals surface area contributed by atoms with Gasteiger partial charge in [0.05, 0.1) is 21.4 Å². The second kappa shape index (κ2) is 2.84. The quantitative estimate of drug-likeness (QED) is 0.608. The van der Waals surface area contributed by atoms with Gasteiger partial charge in [-0.2, -0.15) is 0 Å². The number of rotatable bonds is 0. The summed E-state index contributed by atoms with van der Waals surface area (Å²) in [4.78, 5) is 15.5. The number of halogens is 1. The Labute approximate surface area is 88.9 Å². The first-order valence-corrected chi connectivity index (χ1v) is 4.79. The van der Waals surface area contributed by atoms with Gasteiger partial charge in [-0.25, -0.2) is 0 Å². The van der Waals surface area contributed by atoms with Gasteiger partial charge in [0.15, 0.2) is 0 Å². The number of nitrogens with zero attached hydrogens (tertiary/aromatic N) is 1. The van der Waals surface area contributed by atoms with E-state index in [-0.39, 0.29) is 5.56 Å². The minimum Gasteiger partial charge on any atom is -0.297 e. The van der Waals surface area contributed by atoms with Crippen molar-refractivity contribution in [3.8, 4) is 0 Å².